The molecule has 0 aromatic carbocycles. The quantitative estimate of drug-likeness (QED) is 0.861. The van der Waals surface area contributed by atoms with E-state index in [1.54, 1.807) is 0 Å². The van der Waals surface area contributed by atoms with Crippen LogP contribution in [0.15, 0.2) is 24.5 Å². The molecule has 2 heterocycles. The summed E-state index contributed by atoms with van der Waals surface area (Å²) < 4.78 is 0. The Bertz CT molecular complexity index is 382. The maximum Gasteiger partial charge on any atom is 0.0472 e. The summed E-state index contributed by atoms with van der Waals surface area (Å²) in [5.74, 6) is 0.997. The fraction of sp³-hybridized carbons (Fsp3) is 0.667. The standard InChI is InChI=1S/C15H24N4/c16-11-15(14-3-5-17-6-4-14)19-9-7-18(8-10-19)12-13-1-2-13/h3-6,13,15H,1-2,7-12,16H2. The number of aromatic nitrogens is 1. The zero-order chi connectivity index (χ0) is 13.1. The molecule has 1 aromatic heterocycles. The highest BCUT2D eigenvalue weighted by Crippen LogP contribution is 2.30. The molecule has 4 nitrogen and oxygen atoms in total. The highest BCUT2D eigenvalue weighted by molar-refractivity contribution is 5.16. The van der Waals surface area contributed by atoms with E-state index in [2.05, 4.69) is 26.9 Å². The molecule has 2 N–H and O–H groups in total. The average Bonchev–Trinajstić information content (AvgIpc) is 3.27. The Morgan fingerprint density at radius 2 is 1.84 bits per heavy atom. The first-order valence-electron chi connectivity index (χ1n) is 7.43. The van der Waals surface area contributed by atoms with Crippen molar-refractivity contribution in [3.63, 3.8) is 0 Å². The van der Waals surface area contributed by atoms with Crippen LogP contribution in [0.3, 0.4) is 0 Å². The van der Waals surface area contributed by atoms with Crippen LogP contribution in [0.5, 0.6) is 0 Å². The van der Waals surface area contributed by atoms with E-state index < -0.39 is 0 Å². The van der Waals surface area contributed by atoms with Crippen LogP contribution in [0, 0.1) is 5.92 Å². The van der Waals surface area contributed by atoms with Crippen molar-refractivity contribution in [2.45, 2.75) is 18.9 Å². The molecule has 3 rings (SSSR count). The zero-order valence-electron chi connectivity index (χ0n) is 11.5. The van der Waals surface area contributed by atoms with Crippen molar-refractivity contribution in [1.82, 2.24) is 14.8 Å². The predicted octanol–water partition coefficient (Wildman–Crippen LogP) is 1.11. The average molecular weight is 260 g/mol. The van der Waals surface area contributed by atoms with Gasteiger partial charge in [-0.25, -0.2) is 0 Å². The van der Waals surface area contributed by atoms with Gasteiger partial charge < -0.3 is 10.6 Å². The minimum absolute atomic E-state index is 0.353. The number of hydrogen-bond acceptors (Lipinski definition) is 4. The lowest BCUT2D eigenvalue weighted by Gasteiger charge is -2.39. The van der Waals surface area contributed by atoms with Gasteiger partial charge in [-0.2, -0.15) is 0 Å². The minimum Gasteiger partial charge on any atom is -0.329 e. The van der Waals surface area contributed by atoms with Crippen LogP contribution in [0.2, 0.25) is 0 Å². The molecule has 1 saturated heterocycles. The van der Waals surface area contributed by atoms with Crippen LogP contribution >= 0.6 is 0 Å². The van der Waals surface area contributed by atoms with E-state index >= 15 is 0 Å². The number of rotatable bonds is 5. The first-order chi connectivity index (χ1) is 9.36. The normalized spacial score (nSPS) is 23.4. The van der Waals surface area contributed by atoms with Crippen LogP contribution in [-0.2, 0) is 0 Å². The van der Waals surface area contributed by atoms with Crippen LogP contribution in [0.25, 0.3) is 0 Å². The SMILES string of the molecule is NCC(c1ccncc1)N1CCN(CC2CC2)CC1. The Balaban J connectivity index is 1.56. The first kappa shape index (κ1) is 13.0. The second kappa shape index (κ2) is 5.99. The van der Waals surface area contributed by atoms with Gasteiger partial charge in [0.2, 0.25) is 0 Å². The van der Waals surface area contributed by atoms with E-state index in [4.69, 9.17) is 5.73 Å². The van der Waals surface area contributed by atoms with Gasteiger partial charge in [0.25, 0.3) is 0 Å². The van der Waals surface area contributed by atoms with Crippen molar-refractivity contribution in [1.29, 1.82) is 0 Å². The Hall–Kier alpha value is -0.970. The third-order valence-electron chi connectivity index (χ3n) is 4.38. The summed E-state index contributed by atoms with van der Waals surface area (Å²) in [5.41, 5.74) is 7.28. The Morgan fingerprint density at radius 1 is 1.16 bits per heavy atom. The van der Waals surface area contributed by atoms with Crippen LogP contribution in [0.4, 0.5) is 0 Å². The van der Waals surface area contributed by atoms with E-state index in [1.807, 2.05) is 12.4 Å². The van der Waals surface area contributed by atoms with Crippen LogP contribution in [-0.4, -0.2) is 54.1 Å². The third kappa shape index (κ3) is 3.32. The molecule has 1 aliphatic carbocycles. The summed E-state index contributed by atoms with van der Waals surface area (Å²) in [5, 5.41) is 0. The van der Waals surface area contributed by atoms with Gasteiger partial charge in [-0.3, -0.25) is 9.88 Å². The van der Waals surface area contributed by atoms with Crippen molar-refractivity contribution in [3.8, 4) is 0 Å². The van der Waals surface area contributed by atoms with Gasteiger partial charge in [0.15, 0.2) is 0 Å². The van der Waals surface area contributed by atoms with E-state index in [0.29, 0.717) is 12.6 Å². The predicted molar refractivity (Wildman–Crippen MR) is 76.8 cm³/mol. The van der Waals surface area contributed by atoms with Crippen molar-refractivity contribution in [3.05, 3.63) is 30.1 Å². The van der Waals surface area contributed by atoms with Gasteiger partial charge in [-0.05, 0) is 36.5 Å². The van der Waals surface area contributed by atoms with E-state index in [9.17, 15) is 0 Å². The van der Waals surface area contributed by atoms with Crippen molar-refractivity contribution < 1.29 is 0 Å². The zero-order valence-corrected chi connectivity index (χ0v) is 11.5. The number of piperazine rings is 1. The molecular formula is C15H24N4. The van der Waals surface area contributed by atoms with Crippen LogP contribution in [0.1, 0.15) is 24.4 Å². The molecular weight excluding hydrogens is 236 g/mol. The lowest BCUT2D eigenvalue weighted by Crippen LogP contribution is -2.49. The third-order valence-corrected chi connectivity index (χ3v) is 4.38. The largest absolute Gasteiger partial charge is 0.329 e. The van der Waals surface area contributed by atoms with Gasteiger partial charge in [0.1, 0.15) is 0 Å². The molecule has 4 heteroatoms. The lowest BCUT2D eigenvalue weighted by molar-refractivity contribution is 0.0955. The van der Waals surface area contributed by atoms with Crippen molar-refractivity contribution in [2.75, 3.05) is 39.3 Å². The highest BCUT2D eigenvalue weighted by Gasteiger charge is 2.28. The minimum atomic E-state index is 0.353. The second-order valence-corrected chi connectivity index (χ2v) is 5.81. The molecule has 1 aromatic rings. The summed E-state index contributed by atoms with van der Waals surface area (Å²) in [6.07, 6.45) is 6.62. The van der Waals surface area contributed by atoms with E-state index in [0.717, 1.165) is 19.0 Å². The van der Waals surface area contributed by atoms with Gasteiger partial charge in [0, 0.05) is 57.7 Å². The maximum absolute atomic E-state index is 5.99. The Kier molecular flexibility index (Phi) is 4.11. The fourth-order valence-electron chi connectivity index (χ4n) is 3.00. The molecule has 1 aliphatic heterocycles. The number of nitrogens with zero attached hydrogens (tertiary/aromatic N) is 3. The molecule has 1 atom stereocenters. The van der Waals surface area contributed by atoms with Crippen molar-refractivity contribution in [2.24, 2.45) is 11.7 Å². The summed E-state index contributed by atoms with van der Waals surface area (Å²) in [6.45, 7) is 6.66. The molecule has 2 aliphatic rings. The second-order valence-electron chi connectivity index (χ2n) is 5.81. The maximum atomic E-state index is 5.99. The smallest absolute Gasteiger partial charge is 0.0472 e. The summed E-state index contributed by atoms with van der Waals surface area (Å²) in [6, 6.07) is 4.54. The van der Waals surface area contributed by atoms with Crippen LogP contribution < -0.4 is 5.73 Å². The van der Waals surface area contributed by atoms with Gasteiger partial charge in [0.05, 0.1) is 0 Å². The highest BCUT2D eigenvalue weighted by atomic mass is 15.3. The van der Waals surface area contributed by atoms with Gasteiger partial charge in [-0.15, -0.1) is 0 Å². The van der Waals surface area contributed by atoms with E-state index in [1.165, 1.54) is 38.0 Å². The molecule has 1 unspecified atom stereocenters. The molecule has 0 spiro atoms. The van der Waals surface area contributed by atoms with Gasteiger partial charge >= 0.3 is 0 Å². The molecule has 1 saturated carbocycles. The molecule has 0 radical (unpaired) electrons. The fourth-order valence-corrected chi connectivity index (χ4v) is 3.00. The first-order valence-corrected chi connectivity index (χ1v) is 7.43. The number of pyridine rings is 1. The van der Waals surface area contributed by atoms with E-state index in [-0.39, 0.29) is 0 Å². The van der Waals surface area contributed by atoms with Gasteiger partial charge in [-0.1, -0.05) is 0 Å². The monoisotopic (exact) mass is 260 g/mol. The number of hydrogen-bond donors (Lipinski definition) is 1. The molecule has 2 fully saturated rings. The molecule has 19 heavy (non-hydrogen) atoms. The topological polar surface area (TPSA) is 45.4 Å². The van der Waals surface area contributed by atoms with Crippen molar-refractivity contribution >= 4 is 0 Å². The summed E-state index contributed by atoms with van der Waals surface area (Å²) in [4.78, 5) is 9.24. The Morgan fingerprint density at radius 3 is 2.42 bits per heavy atom. The molecule has 0 amide bonds. The molecule has 0 bridgehead atoms. The Labute approximate surface area is 115 Å². The summed E-state index contributed by atoms with van der Waals surface area (Å²) >= 11 is 0. The molecule has 104 valence electrons. The number of nitrogens with two attached hydrogens (primary N) is 1. The lowest BCUT2D eigenvalue weighted by atomic mass is 10.1. The summed E-state index contributed by atoms with van der Waals surface area (Å²) in [7, 11) is 0.